The van der Waals surface area contributed by atoms with Gasteiger partial charge in [0.05, 0.1) is 5.56 Å². The van der Waals surface area contributed by atoms with E-state index in [1.165, 1.54) is 12.4 Å². The van der Waals surface area contributed by atoms with Gasteiger partial charge >= 0.3 is 0 Å². The van der Waals surface area contributed by atoms with Crippen molar-refractivity contribution >= 4 is 6.29 Å². The van der Waals surface area contributed by atoms with Crippen molar-refractivity contribution in [1.82, 2.24) is 9.97 Å². The minimum absolute atomic E-state index is 0.476. The molecule has 0 saturated carbocycles. The Labute approximate surface area is 46.4 Å². The molecule has 0 N–H and O–H groups in total. The quantitative estimate of drug-likeness (QED) is 0.477. The number of hydrogen-bond acceptors (Lipinski definition) is 3. The van der Waals surface area contributed by atoms with Crippen LogP contribution in [0.1, 0.15) is 10.4 Å². The van der Waals surface area contributed by atoms with Crippen LogP contribution in [0, 0.1) is 6.33 Å². The molecule has 3 nitrogen and oxygen atoms in total. The van der Waals surface area contributed by atoms with Gasteiger partial charge in [0.15, 0.2) is 12.6 Å². The third-order valence-corrected chi connectivity index (χ3v) is 0.679. The third kappa shape index (κ3) is 0.872. The van der Waals surface area contributed by atoms with Gasteiger partial charge in [0.2, 0.25) is 0 Å². The topological polar surface area (TPSA) is 42.9 Å². The van der Waals surface area contributed by atoms with Crippen LogP contribution in [-0.4, -0.2) is 16.3 Å². The number of carbonyl (C=O) groups is 1. The maximum atomic E-state index is 9.91. The highest BCUT2D eigenvalue weighted by Crippen LogP contribution is 1.82. The minimum atomic E-state index is 0.476. The molecule has 0 unspecified atom stereocenters. The molecule has 0 aliphatic rings. The lowest BCUT2D eigenvalue weighted by Gasteiger charge is -1.79. The highest BCUT2D eigenvalue weighted by molar-refractivity contribution is 5.73. The van der Waals surface area contributed by atoms with Crippen LogP contribution in [0.5, 0.6) is 0 Å². The Balaban J connectivity index is 2.99. The molecule has 3 heteroatoms. The Kier molecular flexibility index (Phi) is 1.32. The lowest BCUT2D eigenvalue weighted by molar-refractivity contribution is 0.112. The van der Waals surface area contributed by atoms with E-state index in [0.29, 0.717) is 11.8 Å². The normalized spacial score (nSPS) is 8.50. The molecule has 0 atom stereocenters. The first-order chi connectivity index (χ1) is 3.93. The largest absolute Gasteiger partial charge is 0.298 e. The zero-order valence-electron chi connectivity index (χ0n) is 4.03. The summed E-state index contributed by atoms with van der Waals surface area (Å²) in [7, 11) is 0. The molecule has 0 aliphatic carbocycles. The van der Waals surface area contributed by atoms with E-state index in [1.807, 2.05) is 0 Å². The van der Waals surface area contributed by atoms with Gasteiger partial charge in [0.1, 0.15) is 0 Å². The van der Waals surface area contributed by atoms with E-state index < -0.39 is 0 Å². The number of nitrogens with zero attached hydrogens (tertiary/aromatic N) is 2. The van der Waals surface area contributed by atoms with Crippen molar-refractivity contribution in [3.8, 4) is 0 Å². The Morgan fingerprint density at radius 3 is 2.50 bits per heavy atom. The second-order valence-corrected chi connectivity index (χ2v) is 1.23. The SMILES string of the molecule is O=Cc1cn[c]nc1. The second-order valence-electron chi connectivity index (χ2n) is 1.23. The molecule has 39 valence electrons. The van der Waals surface area contributed by atoms with Crippen LogP contribution in [0.4, 0.5) is 0 Å². The second kappa shape index (κ2) is 2.16. The van der Waals surface area contributed by atoms with Crippen molar-refractivity contribution in [3.05, 3.63) is 24.3 Å². The van der Waals surface area contributed by atoms with Crippen molar-refractivity contribution in [3.63, 3.8) is 0 Å². The molecule has 1 aromatic heterocycles. The van der Waals surface area contributed by atoms with Crippen LogP contribution in [0.25, 0.3) is 0 Å². The van der Waals surface area contributed by atoms with Crippen LogP contribution in [0.3, 0.4) is 0 Å². The van der Waals surface area contributed by atoms with Crippen LogP contribution < -0.4 is 0 Å². The van der Waals surface area contributed by atoms with Gasteiger partial charge in [0.25, 0.3) is 0 Å². The predicted molar refractivity (Wildman–Crippen MR) is 26.3 cm³/mol. The number of aldehydes is 1. The van der Waals surface area contributed by atoms with Gasteiger partial charge in [-0.15, -0.1) is 0 Å². The highest BCUT2D eigenvalue weighted by atomic mass is 16.1. The maximum Gasteiger partial charge on any atom is 0.197 e. The Morgan fingerprint density at radius 2 is 2.12 bits per heavy atom. The van der Waals surface area contributed by atoms with E-state index in [1.54, 1.807) is 0 Å². The smallest absolute Gasteiger partial charge is 0.197 e. The first-order valence-corrected chi connectivity index (χ1v) is 2.07. The zero-order valence-corrected chi connectivity index (χ0v) is 4.03. The summed E-state index contributed by atoms with van der Waals surface area (Å²) in [5.41, 5.74) is 0.476. The fourth-order valence-electron chi connectivity index (χ4n) is 0.334. The van der Waals surface area contributed by atoms with Crippen molar-refractivity contribution in [2.45, 2.75) is 0 Å². The van der Waals surface area contributed by atoms with E-state index in [2.05, 4.69) is 16.3 Å². The molecule has 0 saturated heterocycles. The lowest BCUT2D eigenvalue weighted by Crippen LogP contribution is -1.82. The Bertz CT molecular complexity index is 173. The zero-order chi connectivity index (χ0) is 5.82. The van der Waals surface area contributed by atoms with Crippen LogP contribution >= 0.6 is 0 Å². The van der Waals surface area contributed by atoms with Gasteiger partial charge in [-0.3, -0.25) is 4.79 Å². The summed E-state index contributed by atoms with van der Waals surface area (Å²) < 4.78 is 0. The van der Waals surface area contributed by atoms with Crippen LogP contribution in [0.2, 0.25) is 0 Å². The van der Waals surface area contributed by atoms with Crippen LogP contribution in [-0.2, 0) is 0 Å². The first kappa shape index (κ1) is 4.90. The van der Waals surface area contributed by atoms with E-state index in [0.717, 1.165) is 0 Å². The van der Waals surface area contributed by atoms with Gasteiger partial charge < -0.3 is 0 Å². The van der Waals surface area contributed by atoms with E-state index in [4.69, 9.17) is 0 Å². The summed E-state index contributed by atoms with van der Waals surface area (Å²) >= 11 is 0. The summed E-state index contributed by atoms with van der Waals surface area (Å²) in [6, 6.07) is 0. The predicted octanol–water partition coefficient (Wildman–Crippen LogP) is 0.0893. The average molecular weight is 107 g/mol. The summed E-state index contributed by atoms with van der Waals surface area (Å²) in [4.78, 5) is 16.9. The van der Waals surface area contributed by atoms with Crippen molar-refractivity contribution < 1.29 is 4.79 Å². The molecule has 0 bridgehead atoms. The number of rotatable bonds is 1. The molecule has 0 amide bonds. The molecule has 0 aromatic carbocycles. The molecule has 1 radical (unpaired) electrons. The van der Waals surface area contributed by atoms with Gasteiger partial charge in [-0.1, -0.05) is 0 Å². The molecular formula is C5H3N2O. The van der Waals surface area contributed by atoms with E-state index >= 15 is 0 Å². The molecular weight excluding hydrogens is 104 g/mol. The van der Waals surface area contributed by atoms with Gasteiger partial charge in [-0.2, -0.15) is 0 Å². The van der Waals surface area contributed by atoms with Crippen LogP contribution in [0.15, 0.2) is 12.4 Å². The van der Waals surface area contributed by atoms with Gasteiger partial charge in [-0.25, -0.2) is 9.97 Å². The molecule has 1 rings (SSSR count). The maximum absolute atomic E-state index is 9.91. The molecule has 8 heavy (non-hydrogen) atoms. The van der Waals surface area contributed by atoms with Crippen molar-refractivity contribution in [2.24, 2.45) is 0 Å². The summed E-state index contributed by atoms with van der Waals surface area (Å²) in [6.07, 6.45) is 5.80. The van der Waals surface area contributed by atoms with E-state index in [9.17, 15) is 4.79 Å². The molecule has 1 aromatic rings. The monoisotopic (exact) mass is 107 g/mol. The number of hydrogen-bond donors (Lipinski definition) is 0. The lowest BCUT2D eigenvalue weighted by atomic mass is 10.4. The van der Waals surface area contributed by atoms with Gasteiger partial charge in [0, 0.05) is 12.4 Å². The molecule has 0 fully saturated rings. The van der Waals surface area contributed by atoms with E-state index in [-0.39, 0.29) is 0 Å². The van der Waals surface area contributed by atoms with Gasteiger partial charge in [-0.05, 0) is 0 Å². The van der Waals surface area contributed by atoms with Crippen molar-refractivity contribution in [1.29, 1.82) is 0 Å². The average Bonchev–Trinajstić information content (AvgIpc) is 1.90. The fraction of sp³-hybridized carbons (Fsp3) is 0. The minimum Gasteiger partial charge on any atom is -0.298 e. The first-order valence-electron chi connectivity index (χ1n) is 2.07. The third-order valence-electron chi connectivity index (χ3n) is 0.679. The molecule has 0 spiro atoms. The standard InChI is InChI=1S/C5H3N2O/c8-3-5-1-6-4-7-2-5/h1-3H. The van der Waals surface area contributed by atoms with Crippen molar-refractivity contribution in [2.75, 3.05) is 0 Å². The molecule has 0 aliphatic heterocycles. The Hall–Kier alpha value is -1.25. The number of carbonyl (C=O) groups excluding carboxylic acids is 1. The Morgan fingerprint density at radius 1 is 1.50 bits per heavy atom. The summed E-state index contributed by atoms with van der Waals surface area (Å²) in [5.74, 6) is 0. The summed E-state index contributed by atoms with van der Waals surface area (Å²) in [5, 5.41) is 0. The highest BCUT2D eigenvalue weighted by Gasteiger charge is 1.83. The fourth-order valence-corrected chi connectivity index (χ4v) is 0.334. The molecule has 1 heterocycles. The summed E-state index contributed by atoms with van der Waals surface area (Å²) in [6.45, 7) is 0. The number of aromatic nitrogens is 2.